The number of rotatable bonds is 6. The average Bonchev–Trinajstić information content (AvgIpc) is 3.11. The van der Waals surface area contributed by atoms with E-state index >= 15 is 0 Å². The normalized spacial score (nSPS) is 11.9. The summed E-state index contributed by atoms with van der Waals surface area (Å²) in [7, 11) is 0. The van der Waals surface area contributed by atoms with Crippen LogP contribution in [0.5, 0.6) is 0 Å². The Morgan fingerprint density at radius 1 is 1.20 bits per heavy atom. The molecule has 128 valence electrons. The molecule has 0 radical (unpaired) electrons. The lowest BCUT2D eigenvalue weighted by molar-refractivity contribution is -0.116. The Kier molecular flexibility index (Phi) is 5.45. The van der Waals surface area contributed by atoms with Crippen molar-refractivity contribution >= 4 is 23.4 Å². The first-order valence-electron chi connectivity index (χ1n) is 7.95. The van der Waals surface area contributed by atoms with Gasteiger partial charge in [0.25, 0.3) is 0 Å². The molecular weight excluding hydrogens is 334 g/mol. The molecule has 0 aliphatic rings. The standard InChI is InChI=1S/C18H19N5OS/c1-13(14-7-4-3-5-8-14)11-17(24)19-15-9-6-10-16(12-15)23-18(25-2)20-21-22-23/h3-10,12-13H,11H2,1-2H3,(H,19,24). The Morgan fingerprint density at radius 2 is 2.00 bits per heavy atom. The lowest BCUT2D eigenvalue weighted by Gasteiger charge is -2.12. The van der Waals surface area contributed by atoms with E-state index in [-0.39, 0.29) is 11.8 Å². The molecule has 1 heterocycles. The highest BCUT2D eigenvalue weighted by molar-refractivity contribution is 7.98. The second-order valence-electron chi connectivity index (χ2n) is 5.69. The summed E-state index contributed by atoms with van der Waals surface area (Å²) < 4.78 is 1.65. The molecule has 6 nitrogen and oxygen atoms in total. The van der Waals surface area contributed by atoms with Crippen LogP contribution in [-0.4, -0.2) is 32.4 Å². The molecule has 0 saturated heterocycles. The summed E-state index contributed by atoms with van der Waals surface area (Å²) in [6.45, 7) is 2.05. The summed E-state index contributed by atoms with van der Waals surface area (Å²) in [4.78, 5) is 12.4. The van der Waals surface area contributed by atoms with Gasteiger partial charge in [0.1, 0.15) is 0 Å². The number of carbonyl (C=O) groups excluding carboxylic acids is 1. The fourth-order valence-electron chi connectivity index (χ4n) is 2.57. The van der Waals surface area contributed by atoms with E-state index in [1.807, 2.05) is 60.9 Å². The number of aromatic nitrogens is 4. The van der Waals surface area contributed by atoms with Crippen molar-refractivity contribution in [3.8, 4) is 5.69 Å². The summed E-state index contributed by atoms with van der Waals surface area (Å²) in [5.74, 6) is 0.141. The van der Waals surface area contributed by atoms with Crippen molar-refractivity contribution in [3.05, 3.63) is 60.2 Å². The fourth-order valence-corrected chi connectivity index (χ4v) is 3.01. The molecule has 1 N–H and O–H groups in total. The van der Waals surface area contributed by atoms with E-state index < -0.39 is 0 Å². The second-order valence-corrected chi connectivity index (χ2v) is 6.47. The summed E-state index contributed by atoms with van der Waals surface area (Å²) in [5.41, 5.74) is 2.69. The smallest absolute Gasteiger partial charge is 0.224 e. The Morgan fingerprint density at radius 3 is 2.76 bits per heavy atom. The molecule has 3 aromatic rings. The number of benzene rings is 2. The molecule has 1 aromatic heterocycles. The lowest BCUT2D eigenvalue weighted by Crippen LogP contribution is -2.14. The van der Waals surface area contributed by atoms with Crippen molar-refractivity contribution in [2.75, 3.05) is 11.6 Å². The van der Waals surface area contributed by atoms with Crippen LogP contribution >= 0.6 is 11.8 Å². The number of anilines is 1. The van der Waals surface area contributed by atoms with Gasteiger partial charge in [-0.3, -0.25) is 4.79 Å². The molecule has 25 heavy (non-hydrogen) atoms. The van der Waals surface area contributed by atoms with Crippen molar-refractivity contribution in [1.29, 1.82) is 0 Å². The monoisotopic (exact) mass is 353 g/mol. The van der Waals surface area contributed by atoms with Crippen molar-refractivity contribution < 1.29 is 4.79 Å². The van der Waals surface area contributed by atoms with E-state index in [1.54, 1.807) is 4.68 Å². The maximum absolute atomic E-state index is 12.4. The first kappa shape index (κ1) is 17.2. The van der Waals surface area contributed by atoms with Gasteiger partial charge in [-0.1, -0.05) is 55.1 Å². The molecule has 7 heteroatoms. The Hall–Kier alpha value is -2.67. The zero-order valence-electron chi connectivity index (χ0n) is 14.1. The molecule has 0 aliphatic carbocycles. The molecular formula is C18H19N5OS. The number of carbonyl (C=O) groups is 1. The van der Waals surface area contributed by atoms with E-state index in [4.69, 9.17) is 0 Å². The van der Waals surface area contributed by atoms with Gasteiger partial charge in [-0.15, -0.1) is 5.10 Å². The lowest BCUT2D eigenvalue weighted by atomic mass is 9.97. The van der Waals surface area contributed by atoms with Crippen LogP contribution in [0.3, 0.4) is 0 Å². The molecule has 0 aliphatic heterocycles. The van der Waals surface area contributed by atoms with Gasteiger partial charge in [-0.05, 0) is 46.4 Å². The van der Waals surface area contributed by atoms with Crippen LogP contribution in [0.4, 0.5) is 5.69 Å². The average molecular weight is 353 g/mol. The van der Waals surface area contributed by atoms with E-state index in [9.17, 15) is 4.79 Å². The van der Waals surface area contributed by atoms with Gasteiger partial charge in [0, 0.05) is 12.1 Å². The molecule has 3 rings (SSSR count). The topological polar surface area (TPSA) is 72.7 Å². The quantitative estimate of drug-likeness (QED) is 0.687. The van der Waals surface area contributed by atoms with Gasteiger partial charge in [0.2, 0.25) is 11.1 Å². The zero-order chi connectivity index (χ0) is 17.6. The van der Waals surface area contributed by atoms with E-state index in [0.717, 1.165) is 16.9 Å². The third-order valence-corrected chi connectivity index (χ3v) is 4.48. The minimum Gasteiger partial charge on any atom is -0.326 e. The Labute approximate surface area is 150 Å². The third kappa shape index (κ3) is 4.24. The molecule has 2 aromatic carbocycles. The number of tetrazole rings is 1. The highest BCUT2D eigenvalue weighted by atomic mass is 32.2. The van der Waals surface area contributed by atoms with Crippen LogP contribution in [0.25, 0.3) is 5.69 Å². The number of nitrogens with one attached hydrogen (secondary N) is 1. The van der Waals surface area contributed by atoms with Gasteiger partial charge in [0.15, 0.2) is 0 Å². The molecule has 0 bridgehead atoms. The summed E-state index contributed by atoms with van der Waals surface area (Å²) >= 11 is 1.46. The van der Waals surface area contributed by atoms with Gasteiger partial charge in [-0.2, -0.15) is 4.68 Å². The van der Waals surface area contributed by atoms with E-state index in [1.165, 1.54) is 11.8 Å². The van der Waals surface area contributed by atoms with Crippen molar-refractivity contribution in [2.24, 2.45) is 0 Å². The van der Waals surface area contributed by atoms with Crippen LogP contribution in [0.15, 0.2) is 59.8 Å². The van der Waals surface area contributed by atoms with Crippen LogP contribution in [0.1, 0.15) is 24.8 Å². The van der Waals surface area contributed by atoms with E-state index in [2.05, 4.69) is 27.8 Å². The van der Waals surface area contributed by atoms with Gasteiger partial charge < -0.3 is 5.32 Å². The fraction of sp³-hybridized carbons (Fsp3) is 0.222. The first-order chi connectivity index (χ1) is 12.2. The Balaban J connectivity index is 1.69. The highest BCUT2D eigenvalue weighted by Gasteiger charge is 2.12. The SMILES string of the molecule is CSc1nnnn1-c1cccc(NC(=O)CC(C)c2ccccc2)c1. The molecule has 1 amide bonds. The van der Waals surface area contributed by atoms with Gasteiger partial charge >= 0.3 is 0 Å². The number of thioether (sulfide) groups is 1. The number of hydrogen-bond acceptors (Lipinski definition) is 5. The molecule has 1 atom stereocenters. The van der Waals surface area contributed by atoms with Crippen molar-refractivity contribution in [1.82, 2.24) is 20.2 Å². The maximum atomic E-state index is 12.4. The largest absolute Gasteiger partial charge is 0.326 e. The predicted molar refractivity (Wildman–Crippen MR) is 99.0 cm³/mol. The third-order valence-electron chi connectivity index (χ3n) is 3.86. The minimum absolute atomic E-state index is 0.0182. The number of hydrogen-bond donors (Lipinski definition) is 1. The maximum Gasteiger partial charge on any atom is 0.224 e. The molecule has 0 fully saturated rings. The van der Waals surface area contributed by atoms with Crippen LogP contribution in [0.2, 0.25) is 0 Å². The van der Waals surface area contributed by atoms with Crippen molar-refractivity contribution in [2.45, 2.75) is 24.4 Å². The molecule has 0 saturated carbocycles. The first-order valence-corrected chi connectivity index (χ1v) is 9.17. The van der Waals surface area contributed by atoms with Crippen LogP contribution in [-0.2, 0) is 4.79 Å². The molecule has 0 spiro atoms. The summed E-state index contributed by atoms with van der Waals surface area (Å²) in [6.07, 6.45) is 2.34. The number of amides is 1. The van der Waals surface area contributed by atoms with Crippen LogP contribution in [0, 0.1) is 0 Å². The minimum atomic E-state index is -0.0182. The summed E-state index contributed by atoms with van der Waals surface area (Å²) in [6, 6.07) is 17.5. The predicted octanol–water partition coefficient (Wildman–Crippen LogP) is 3.52. The van der Waals surface area contributed by atoms with Gasteiger partial charge in [0.05, 0.1) is 5.69 Å². The second kappa shape index (κ2) is 7.94. The number of nitrogens with zero attached hydrogens (tertiary/aromatic N) is 4. The van der Waals surface area contributed by atoms with E-state index in [0.29, 0.717) is 11.6 Å². The highest BCUT2D eigenvalue weighted by Crippen LogP contribution is 2.21. The van der Waals surface area contributed by atoms with Gasteiger partial charge in [-0.25, -0.2) is 0 Å². The molecule has 1 unspecified atom stereocenters. The summed E-state index contributed by atoms with van der Waals surface area (Å²) in [5, 5.41) is 15.3. The Bertz CT molecular complexity index is 849. The van der Waals surface area contributed by atoms with Crippen molar-refractivity contribution in [3.63, 3.8) is 0 Å². The zero-order valence-corrected chi connectivity index (χ0v) is 14.9. The van der Waals surface area contributed by atoms with Crippen LogP contribution < -0.4 is 5.32 Å².